The van der Waals surface area contributed by atoms with E-state index in [2.05, 4.69) is 27.4 Å². The van der Waals surface area contributed by atoms with Crippen molar-refractivity contribution in [3.63, 3.8) is 0 Å². The van der Waals surface area contributed by atoms with E-state index in [1.807, 2.05) is 6.07 Å². The van der Waals surface area contributed by atoms with Crippen molar-refractivity contribution in [3.8, 4) is 5.75 Å². The summed E-state index contributed by atoms with van der Waals surface area (Å²) in [5.74, 6) is 0.636. The number of guanidine groups is 1. The van der Waals surface area contributed by atoms with Crippen molar-refractivity contribution in [3.05, 3.63) is 29.6 Å². The Kier molecular flexibility index (Phi) is 12.8. The van der Waals surface area contributed by atoms with Gasteiger partial charge in [-0.05, 0) is 37.0 Å². The normalized spacial score (nSPS) is 15.2. The number of carbonyl (C=O) groups excluding carboxylic acids is 1. The molecule has 0 radical (unpaired) electrons. The van der Waals surface area contributed by atoms with Gasteiger partial charge in [0.2, 0.25) is 5.91 Å². The summed E-state index contributed by atoms with van der Waals surface area (Å²) in [6.45, 7) is 5.68. The SMILES string of the molecule is CCCCNC(=NCC(=O)N(C)C)NC1CCN(Cc2ccc(OC)c(F)c2)CC1.I. The van der Waals surface area contributed by atoms with Gasteiger partial charge in [-0.2, -0.15) is 0 Å². The van der Waals surface area contributed by atoms with Crippen LogP contribution in [0.3, 0.4) is 0 Å². The first-order chi connectivity index (χ1) is 14.4. The van der Waals surface area contributed by atoms with Gasteiger partial charge in [0.1, 0.15) is 6.54 Å². The highest BCUT2D eigenvalue weighted by Gasteiger charge is 2.20. The molecule has 0 bridgehead atoms. The minimum absolute atomic E-state index is 0. The lowest BCUT2D eigenvalue weighted by atomic mass is 10.0. The van der Waals surface area contributed by atoms with Gasteiger partial charge in [-0.15, -0.1) is 24.0 Å². The lowest BCUT2D eigenvalue weighted by molar-refractivity contribution is -0.127. The number of nitrogens with one attached hydrogen (secondary N) is 2. The topological polar surface area (TPSA) is 69.2 Å². The first-order valence-electron chi connectivity index (χ1n) is 10.7. The van der Waals surface area contributed by atoms with E-state index in [-0.39, 0.29) is 48.0 Å². The summed E-state index contributed by atoms with van der Waals surface area (Å²) in [6, 6.07) is 5.44. The van der Waals surface area contributed by atoms with E-state index in [0.29, 0.717) is 12.0 Å². The first kappa shape index (κ1) is 27.4. The van der Waals surface area contributed by atoms with E-state index in [0.717, 1.165) is 57.4 Å². The average Bonchev–Trinajstić information content (AvgIpc) is 2.73. The minimum atomic E-state index is -0.321. The van der Waals surface area contributed by atoms with E-state index in [9.17, 15) is 9.18 Å². The molecule has 1 aromatic carbocycles. The summed E-state index contributed by atoms with van der Waals surface area (Å²) in [4.78, 5) is 20.2. The van der Waals surface area contributed by atoms with Crippen molar-refractivity contribution in [2.45, 2.75) is 45.2 Å². The third kappa shape index (κ3) is 9.59. The maximum Gasteiger partial charge on any atom is 0.243 e. The van der Waals surface area contributed by atoms with Crippen molar-refractivity contribution < 1.29 is 13.9 Å². The standard InChI is InChI=1S/C22H36FN5O2.HI/c1-5-6-11-24-22(25-15-21(29)27(2)3)26-18-9-12-28(13-10-18)16-17-7-8-20(30-4)19(23)14-17;/h7-8,14,18H,5-6,9-13,15-16H2,1-4H3,(H2,24,25,26);1H. The number of nitrogens with zero attached hydrogens (tertiary/aromatic N) is 3. The van der Waals surface area contributed by atoms with Crippen LogP contribution in [0.25, 0.3) is 0 Å². The number of hydrogen-bond acceptors (Lipinski definition) is 4. The third-order valence-corrected chi connectivity index (χ3v) is 5.24. The number of amides is 1. The number of hydrogen-bond donors (Lipinski definition) is 2. The van der Waals surface area contributed by atoms with Crippen LogP contribution in [0.1, 0.15) is 38.2 Å². The van der Waals surface area contributed by atoms with Crippen LogP contribution in [-0.2, 0) is 11.3 Å². The minimum Gasteiger partial charge on any atom is -0.494 e. The quantitative estimate of drug-likeness (QED) is 0.215. The summed E-state index contributed by atoms with van der Waals surface area (Å²) in [7, 11) is 4.95. The van der Waals surface area contributed by atoms with Crippen LogP contribution in [0.2, 0.25) is 0 Å². The Morgan fingerprint density at radius 2 is 2.03 bits per heavy atom. The fourth-order valence-corrected chi connectivity index (χ4v) is 3.32. The van der Waals surface area contributed by atoms with E-state index in [4.69, 9.17) is 4.74 Å². The molecule has 176 valence electrons. The average molecular weight is 549 g/mol. The molecule has 1 aliphatic heterocycles. The van der Waals surface area contributed by atoms with Crippen molar-refractivity contribution in [1.29, 1.82) is 0 Å². The Labute approximate surface area is 202 Å². The zero-order valence-electron chi connectivity index (χ0n) is 19.1. The molecule has 2 N–H and O–H groups in total. The van der Waals surface area contributed by atoms with Crippen LogP contribution in [0.4, 0.5) is 4.39 Å². The van der Waals surface area contributed by atoms with E-state index >= 15 is 0 Å². The van der Waals surface area contributed by atoms with Crippen LogP contribution in [0.5, 0.6) is 5.75 Å². The Morgan fingerprint density at radius 3 is 2.61 bits per heavy atom. The molecule has 0 atom stereocenters. The van der Waals surface area contributed by atoms with Crippen LogP contribution >= 0.6 is 24.0 Å². The molecule has 9 heteroatoms. The summed E-state index contributed by atoms with van der Waals surface area (Å²) in [5, 5.41) is 6.81. The zero-order valence-corrected chi connectivity index (χ0v) is 21.4. The zero-order chi connectivity index (χ0) is 21.9. The Bertz CT molecular complexity index is 709. The highest BCUT2D eigenvalue weighted by molar-refractivity contribution is 14.0. The molecule has 31 heavy (non-hydrogen) atoms. The van der Waals surface area contributed by atoms with Gasteiger partial charge in [0, 0.05) is 46.3 Å². The van der Waals surface area contributed by atoms with Gasteiger partial charge in [0.15, 0.2) is 17.5 Å². The number of methoxy groups -OCH3 is 1. The molecule has 1 aromatic rings. The lowest BCUT2D eigenvalue weighted by Crippen LogP contribution is -2.49. The van der Waals surface area contributed by atoms with Gasteiger partial charge in [0.05, 0.1) is 7.11 Å². The number of halogens is 2. The Hall–Kier alpha value is -1.62. The fourth-order valence-electron chi connectivity index (χ4n) is 3.32. The maximum absolute atomic E-state index is 13.9. The number of ether oxygens (including phenoxy) is 1. The van der Waals surface area contributed by atoms with E-state index in [1.165, 1.54) is 7.11 Å². The molecule has 0 spiro atoms. The first-order valence-corrected chi connectivity index (χ1v) is 10.7. The van der Waals surface area contributed by atoms with E-state index < -0.39 is 0 Å². The van der Waals surface area contributed by atoms with Crippen molar-refractivity contribution in [2.24, 2.45) is 4.99 Å². The second kappa shape index (κ2) is 14.4. The van der Waals surface area contributed by atoms with Gasteiger partial charge < -0.3 is 20.3 Å². The largest absolute Gasteiger partial charge is 0.494 e. The number of piperidine rings is 1. The second-order valence-corrected chi connectivity index (χ2v) is 7.90. The van der Waals surface area contributed by atoms with Gasteiger partial charge in [-0.25, -0.2) is 9.38 Å². The molecule has 1 amide bonds. The number of rotatable bonds is 9. The summed E-state index contributed by atoms with van der Waals surface area (Å²) >= 11 is 0. The predicted octanol–water partition coefficient (Wildman–Crippen LogP) is 2.84. The predicted molar refractivity (Wildman–Crippen MR) is 134 cm³/mol. The number of carbonyl (C=O) groups is 1. The van der Waals surface area contributed by atoms with Crippen LogP contribution in [0.15, 0.2) is 23.2 Å². The number of aliphatic imine (C=N–C) groups is 1. The second-order valence-electron chi connectivity index (χ2n) is 7.90. The molecule has 1 saturated heterocycles. The van der Waals surface area contributed by atoms with Crippen molar-refractivity contribution >= 4 is 35.8 Å². The van der Waals surface area contributed by atoms with E-state index in [1.54, 1.807) is 31.1 Å². The molecule has 0 aliphatic carbocycles. The Morgan fingerprint density at radius 1 is 1.32 bits per heavy atom. The molecule has 0 aromatic heterocycles. The molecular formula is C22H37FIN5O2. The fraction of sp³-hybridized carbons (Fsp3) is 0.636. The van der Waals surface area contributed by atoms with Gasteiger partial charge in [-0.1, -0.05) is 19.4 Å². The molecule has 0 unspecified atom stereocenters. The smallest absolute Gasteiger partial charge is 0.243 e. The highest BCUT2D eigenvalue weighted by atomic mass is 127. The number of unbranched alkanes of at least 4 members (excludes halogenated alkanes) is 1. The molecule has 1 fully saturated rings. The molecule has 0 saturated carbocycles. The van der Waals surface area contributed by atoms with Crippen molar-refractivity contribution in [1.82, 2.24) is 20.4 Å². The van der Waals surface area contributed by atoms with Crippen LogP contribution in [-0.4, -0.2) is 75.1 Å². The van der Waals surface area contributed by atoms with Crippen molar-refractivity contribution in [2.75, 3.05) is 47.4 Å². The number of likely N-dealkylation sites (N-methyl/N-ethyl adjacent to an activating group) is 1. The molecular weight excluding hydrogens is 512 g/mol. The van der Waals surface area contributed by atoms with Crippen LogP contribution < -0.4 is 15.4 Å². The number of likely N-dealkylation sites (tertiary alicyclic amines) is 1. The molecule has 1 aliphatic rings. The molecule has 1 heterocycles. The third-order valence-electron chi connectivity index (χ3n) is 5.24. The van der Waals surface area contributed by atoms with Gasteiger partial charge >= 0.3 is 0 Å². The maximum atomic E-state index is 13.9. The van der Waals surface area contributed by atoms with Crippen LogP contribution in [0, 0.1) is 5.82 Å². The monoisotopic (exact) mass is 549 g/mol. The molecule has 7 nitrogen and oxygen atoms in total. The number of benzene rings is 1. The summed E-state index contributed by atoms with van der Waals surface area (Å²) in [6.07, 6.45) is 4.09. The Balaban J connectivity index is 0.00000480. The lowest BCUT2D eigenvalue weighted by Gasteiger charge is -2.33. The molecule has 2 rings (SSSR count). The van der Waals surface area contributed by atoms with Gasteiger partial charge in [0.25, 0.3) is 0 Å². The highest BCUT2D eigenvalue weighted by Crippen LogP contribution is 2.20. The van der Waals surface area contributed by atoms with Gasteiger partial charge in [-0.3, -0.25) is 9.69 Å². The summed E-state index contributed by atoms with van der Waals surface area (Å²) in [5.41, 5.74) is 0.949. The summed E-state index contributed by atoms with van der Waals surface area (Å²) < 4.78 is 18.9.